The van der Waals surface area contributed by atoms with Gasteiger partial charge < -0.3 is 4.74 Å². The van der Waals surface area contributed by atoms with Gasteiger partial charge in [0, 0.05) is 12.6 Å². The summed E-state index contributed by atoms with van der Waals surface area (Å²) in [6.07, 6.45) is 0.663. The Labute approximate surface area is 144 Å². The van der Waals surface area contributed by atoms with E-state index >= 15 is 0 Å². The fourth-order valence-electron chi connectivity index (χ4n) is 2.70. The zero-order valence-corrected chi connectivity index (χ0v) is 14.3. The molecule has 6 nitrogen and oxygen atoms in total. The second-order valence-electron chi connectivity index (χ2n) is 5.81. The van der Waals surface area contributed by atoms with Crippen molar-refractivity contribution in [1.29, 1.82) is 0 Å². The van der Waals surface area contributed by atoms with Gasteiger partial charge >= 0.3 is 0 Å². The second-order valence-corrected chi connectivity index (χ2v) is 7.68. The number of hydrogen-bond donors (Lipinski definition) is 0. The van der Waals surface area contributed by atoms with Crippen LogP contribution in [0.25, 0.3) is 0 Å². The molecule has 1 atom stereocenters. The van der Waals surface area contributed by atoms with Crippen molar-refractivity contribution in [1.82, 2.24) is 14.5 Å². The zero-order chi connectivity index (χ0) is 18.0. The van der Waals surface area contributed by atoms with E-state index in [4.69, 9.17) is 4.74 Å². The number of sulfonamides is 1. The van der Waals surface area contributed by atoms with Crippen LogP contribution in [0.3, 0.4) is 0 Å². The monoisotopic (exact) mass is 369 g/mol. The summed E-state index contributed by atoms with van der Waals surface area (Å²) in [5.74, 6) is -1.92. The molecule has 134 valence electrons. The Balaban J connectivity index is 1.79. The van der Waals surface area contributed by atoms with E-state index in [-0.39, 0.29) is 19.0 Å². The molecule has 1 aliphatic heterocycles. The second kappa shape index (κ2) is 7.01. The van der Waals surface area contributed by atoms with Gasteiger partial charge in [-0.3, -0.25) is 0 Å². The molecule has 1 saturated heterocycles. The Morgan fingerprint density at radius 2 is 1.88 bits per heavy atom. The van der Waals surface area contributed by atoms with Crippen LogP contribution in [0.2, 0.25) is 0 Å². The molecular weight excluding hydrogens is 352 g/mol. The Morgan fingerprint density at radius 1 is 1.16 bits per heavy atom. The summed E-state index contributed by atoms with van der Waals surface area (Å²) < 4.78 is 59.8. The van der Waals surface area contributed by atoms with Crippen molar-refractivity contribution < 1.29 is 21.9 Å². The van der Waals surface area contributed by atoms with E-state index in [1.165, 1.54) is 0 Å². The lowest BCUT2D eigenvalue weighted by atomic mass is 10.1. The van der Waals surface area contributed by atoms with Gasteiger partial charge in [-0.25, -0.2) is 17.2 Å². The van der Waals surface area contributed by atoms with Crippen LogP contribution >= 0.6 is 0 Å². The van der Waals surface area contributed by atoms with Crippen molar-refractivity contribution in [2.75, 3.05) is 13.1 Å². The topological polar surface area (TPSA) is 72.4 Å². The molecule has 0 amide bonds. The van der Waals surface area contributed by atoms with E-state index in [0.717, 1.165) is 28.2 Å². The Morgan fingerprint density at radius 3 is 2.52 bits per heavy atom. The number of benzene rings is 1. The van der Waals surface area contributed by atoms with E-state index < -0.39 is 32.7 Å². The molecule has 9 heteroatoms. The van der Waals surface area contributed by atoms with E-state index in [2.05, 4.69) is 10.2 Å². The molecule has 1 unspecified atom stereocenters. The third-order valence-corrected chi connectivity index (χ3v) is 5.84. The van der Waals surface area contributed by atoms with Crippen molar-refractivity contribution in [3.63, 3.8) is 0 Å². The number of halogens is 2. The third kappa shape index (κ3) is 3.77. The highest BCUT2D eigenvalue weighted by atomic mass is 32.2. The van der Waals surface area contributed by atoms with Gasteiger partial charge in [0.15, 0.2) is 4.90 Å². The minimum atomic E-state index is -4.29. The van der Waals surface area contributed by atoms with Crippen LogP contribution in [0.5, 0.6) is 5.88 Å². The number of piperidine rings is 1. The van der Waals surface area contributed by atoms with Crippen molar-refractivity contribution in [3.8, 4) is 5.88 Å². The van der Waals surface area contributed by atoms with Gasteiger partial charge in [0.1, 0.15) is 17.7 Å². The molecule has 25 heavy (non-hydrogen) atoms. The smallest absolute Gasteiger partial charge is 0.249 e. The van der Waals surface area contributed by atoms with Gasteiger partial charge in [0.2, 0.25) is 15.9 Å². The van der Waals surface area contributed by atoms with Gasteiger partial charge in [-0.2, -0.15) is 9.40 Å². The minimum absolute atomic E-state index is 0.00827. The van der Waals surface area contributed by atoms with Gasteiger partial charge in [-0.1, -0.05) is 6.07 Å². The largest absolute Gasteiger partial charge is 0.472 e. The van der Waals surface area contributed by atoms with E-state index in [0.29, 0.717) is 12.8 Å². The Hall–Kier alpha value is -2.13. The summed E-state index contributed by atoms with van der Waals surface area (Å²) in [4.78, 5) is -0.925. The molecule has 2 aromatic rings. The third-order valence-electron chi connectivity index (χ3n) is 3.92. The quantitative estimate of drug-likeness (QED) is 0.827. The average Bonchev–Trinajstić information content (AvgIpc) is 2.57. The lowest BCUT2D eigenvalue weighted by Crippen LogP contribution is -2.44. The van der Waals surface area contributed by atoms with Crippen LogP contribution < -0.4 is 4.74 Å². The molecular formula is C16H17F2N3O3S. The summed E-state index contributed by atoms with van der Waals surface area (Å²) in [5, 5.41) is 7.76. The fourth-order valence-corrected chi connectivity index (χ4v) is 4.32. The lowest BCUT2D eigenvalue weighted by molar-refractivity contribution is 0.123. The summed E-state index contributed by atoms with van der Waals surface area (Å²) in [6.45, 7) is 1.95. The molecule has 3 rings (SSSR count). The number of hydrogen-bond acceptors (Lipinski definition) is 5. The predicted molar refractivity (Wildman–Crippen MR) is 85.5 cm³/mol. The Kier molecular flexibility index (Phi) is 4.96. The summed E-state index contributed by atoms with van der Waals surface area (Å²) in [7, 11) is -4.29. The molecule has 0 aliphatic carbocycles. The van der Waals surface area contributed by atoms with Crippen molar-refractivity contribution >= 4 is 10.0 Å². The van der Waals surface area contributed by atoms with Crippen LogP contribution in [-0.4, -0.2) is 42.1 Å². The van der Waals surface area contributed by atoms with Crippen LogP contribution in [-0.2, 0) is 10.0 Å². The predicted octanol–water partition coefficient (Wildman–Crippen LogP) is 2.30. The summed E-state index contributed by atoms with van der Waals surface area (Å²) in [5.41, 5.74) is 0.732. The van der Waals surface area contributed by atoms with Crippen LogP contribution in [0.1, 0.15) is 18.5 Å². The van der Waals surface area contributed by atoms with Crippen LogP contribution in [0.15, 0.2) is 35.2 Å². The first kappa shape index (κ1) is 17.7. The first-order chi connectivity index (χ1) is 11.9. The van der Waals surface area contributed by atoms with Gasteiger partial charge in [-0.15, -0.1) is 5.10 Å². The van der Waals surface area contributed by atoms with Gasteiger partial charge in [0.05, 0.1) is 12.2 Å². The zero-order valence-electron chi connectivity index (χ0n) is 13.5. The normalized spacial score (nSPS) is 18.9. The minimum Gasteiger partial charge on any atom is -0.472 e. The fraction of sp³-hybridized carbons (Fsp3) is 0.375. The first-order valence-corrected chi connectivity index (χ1v) is 9.23. The SMILES string of the molecule is Cc1ccc(OC2CCCN(S(=O)(=O)c3c(F)cccc3F)C2)nn1. The van der Waals surface area contributed by atoms with Crippen molar-refractivity contribution in [2.24, 2.45) is 0 Å². The molecule has 0 bridgehead atoms. The number of aryl methyl sites for hydroxylation is 1. The lowest BCUT2D eigenvalue weighted by Gasteiger charge is -2.31. The van der Waals surface area contributed by atoms with E-state index in [1.807, 2.05) is 0 Å². The first-order valence-electron chi connectivity index (χ1n) is 7.79. The number of aromatic nitrogens is 2. The van der Waals surface area contributed by atoms with Crippen LogP contribution in [0.4, 0.5) is 8.78 Å². The van der Waals surface area contributed by atoms with Gasteiger partial charge in [0.25, 0.3) is 0 Å². The molecule has 1 fully saturated rings. The number of ether oxygens (including phenoxy) is 1. The molecule has 0 radical (unpaired) electrons. The standard InChI is InChI=1S/C16H17F2N3O3S/c1-11-7-8-15(20-19-11)24-12-4-3-9-21(10-12)25(22,23)16-13(17)5-2-6-14(16)18/h2,5-8,12H,3-4,9-10H2,1H3. The summed E-state index contributed by atoms with van der Waals surface area (Å²) >= 11 is 0. The molecule has 0 spiro atoms. The van der Waals surface area contributed by atoms with Crippen LogP contribution in [0, 0.1) is 18.6 Å². The highest BCUT2D eigenvalue weighted by molar-refractivity contribution is 7.89. The highest BCUT2D eigenvalue weighted by Crippen LogP contribution is 2.26. The van der Waals surface area contributed by atoms with Crippen molar-refractivity contribution in [2.45, 2.75) is 30.8 Å². The molecule has 1 aromatic carbocycles. The Bertz CT molecular complexity index is 839. The number of rotatable bonds is 4. The number of nitrogens with zero attached hydrogens (tertiary/aromatic N) is 3. The molecule has 2 heterocycles. The van der Waals surface area contributed by atoms with Gasteiger partial charge in [-0.05, 0) is 38.0 Å². The van der Waals surface area contributed by atoms with E-state index in [9.17, 15) is 17.2 Å². The maximum atomic E-state index is 13.9. The average molecular weight is 369 g/mol. The molecule has 0 saturated carbocycles. The highest BCUT2D eigenvalue weighted by Gasteiger charge is 2.35. The summed E-state index contributed by atoms with van der Waals surface area (Å²) in [6, 6.07) is 6.36. The molecule has 1 aliphatic rings. The maximum Gasteiger partial charge on any atom is 0.249 e. The molecule has 0 N–H and O–H groups in total. The molecule has 1 aromatic heterocycles. The van der Waals surface area contributed by atoms with Crippen molar-refractivity contribution in [3.05, 3.63) is 47.7 Å². The maximum absolute atomic E-state index is 13.9. The van der Waals surface area contributed by atoms with E-state index in [1.54, 1.807) is 19.1 Å².